The summed E-state index contributed by atoms with van der Waals surface area (Å²) in [6, 6.07) is 7.39. The molecule has 2 heterocycles. The highest BCUT2D eigenvalue weighted by Crippen LogP contribution is 2.29. The average molecular weight is 288 g/mol. The zero-order valence-electron chi connectivity index (χ0n) is 11.5. The van der Waals surface area contributed by atoms with Crippen molar-refractivity contribution in [3.05, 3.63) is 36.2 Å². The number of hydrogen-bond acceptors (Lipinski definition) is 6. The van der Waals surface area contributed by atoms with Gasteiger partial charge in [0, 0.05) is 5.56 Å². The number of nitrogens with one attached hydrogen (secondary N) is 4. The van der Waals surface area contributed by atoms with Crippen LogP contribution < -0.4 is 20.9 Å². The van der Waals surface area contributed by atoms with E-state index >= 15 is 0 Å². The maximum Gasteiger partial charge on any atom is 0.245 e. The number of aromatic nitrogens is 3. The van der Waals surface area contributed by atoms with Crippen molar-refractivity contribution in [1.82, 2.24) is 26.0 Å². The number of hydrazine groups is 1. The maximum absolute atomic E-state index is 12.1. The Kier molecular flexibility index (Phi) is 3.80. The summed E-state index contributed by atoms with van der Waals surface area (Å²) >= 11 is 0. The number of anilines is 1. The topological polar surface area (TPSA) is 104 Å². The standard InChI is InChI=1S/C13H16N6O2/c1-21-11-5-3-2-4-8(11)9-6-10(18-17-9)12(20)16-13-14-7-15-19-13/h2-5,7,9-10,17-18H,6H2,1H3,(H2,14,15,16,19,20). The third-order valence-corrected chi connectivity index (χ3v) is 3.39. The molecular formula is C13H16N6O2. The van der Waals surface area contributed by atoms with Crippen LogP contribution in [0.4, 0.5) is 5.95 Å². The Bertz CT molecular complexity index is 615. The van der Waals surface area contributed by atoms with Gasteiger partial charge in [-0.15, -0.1) is 0 Å². The summed E-state index contributed by atoms with van der Waals surface area (Å²) in [6.07, 6.45) is 1.95. The average Bonchev–Trinajstić information content (AvgIpc) is 3.18. The van der Waals surface area contributed by atoms with E-state index in [0.29, 0.717) is 12.4 Å². The second-order valence-electron chi connectivity index (χ2n) is 4.69. The van der Waals surface area contributed by atoms with E-state index in [2.05, 4.69) is 31.3 Å². The number of carbonyl (C=O) groups is 1. The lowest BCUT2D eigenvalue weighted by molar-refractivity contribution is -0.117. The van der Waals surface area contributed by atoms with Crippen molar-refractivity contribution in [2.75, 3.05) is 12.4 Å². The molecule has 1 aliphatic heterocycles. The molecule has 3 rings (SSSR count). The number of ether oxygens (including phenoxy) is 1. The first-order valence-electron chi connectivity index (χ1n) is 6.58. The molecule has 2 aromatic rings. The normalized spacial score (nSPS) is 21.2. The van der Waals surface area contributed by atoms with E-state index in [1.807, 2.05) is 24.3 Å². The molecule has 110 valence electrons. The summed E-state index contributed by atoms with van der Waals surface area (Å²) in [5, 5.41) is 8.94. The molecule has 0 radical (unpaired) electrons. The fourth-order valence-electron chi connectivity index (χ4n) is 2.36. The second kappa shape index (κ2) is 5.90. The first-order chi connectivity index (χ1) is 10.3. The number of carbonyl (C=O) groups excluding carboxylic acids is 1. The first-order valence-corrected chi connectivity index (χ1v) is 6.58. The molecule has 1 aliphatic rings. The lowest BCUT2D eigenvalue weighted by Gasteiger charge is -2.13. The molecule has 4 N–H and O–H groups in total. The number of rotatable bonds is 4. The van der Waals surface area contributed by atoms with E-state index in [1.165, 1.54) is 6.33 Å². The van der Waals surface area contributed by atoms with E-state index in [-0.39, 0.29) is 18.0 Å². The number of hydrogen-bond donors (Lipinski definition) is 4. The Morgan fingerprint density at radius 2 is 2.24 bits per heavy atom. The van der Waals surface area contributed by atoms with Crippen molar-refractivity contribution >= 4 is 11.9 Å². The lowest BCUT2D eigenvalue weighted by atomic mass is 10.0. The van der Waals surface area contributed by atoms with E-state index < -0.39 is 0 Å². The summed E-state index contributed by atoms with van der Waals surface area (Å²) in [4.78, 5) is 16.0. The number of benzene rings is 1. The third kappa shape index (κ3) is 2.86. The van der Waals surface area contributed by atoms with Crippen LogP contribution in [-0.4, -0.2) is 34.2 Å². The van der Waals surface area contributed by atoms with Crippen LogP contribution in [0.5, 0.6) is 5.75 Å². The second-order valence-corrected chi connectivity index (χ2v) is 4.69. The lowest BCUT2D eigenvalue weighted by Crippen LogP contribution is -2.39. The Morgan fingerprint density at radius 3 is 3.00 bits per heavy atom. The molecule has 0 bridgehead atoms. The number of aromatic amines is 1. The van der Waals surface area contributed by atoms with Crippen molar-refractivity contribution in [2.24, 2.45) is 0 Å². The van der Waals surface area contributed by atoms with E-state index in [0.717, 1.165) is 11.3 Å². The molecule has 1 saturated heterocycles. The van der Waals surface area contributed by atoms with Gasteiger partial charge in [0.1, 0.15) is 18.1 Å². The van der Waals surface area contributed by atoms with E-state index in [4.69, 9.17) is 4.74 Å². The van der Waals surface area contributed by atoms with Crippen molar-refractivity contribution < 1.29 is 9.53 Å². The number of H-pyrrole nitrogens is 1. The smallest absolute Gasteiger partial charge is 0.245 e. The van der Waals surface area contributed by atoms with Crippen LogP contribution in [0, 0.1) is 0 Å². The minimum atomic E-state index is -0.356. The van der Waals surface area contributed by atoms with E-state index in [9.17, 15) is 4.79 Å². The molecule has 1 aromatic heterocycles. The summed E-state index contributed by atoms with van der Waals surface area (Å²) in [5.41, 5.74) is 7.13. The monoisotopic (exact) mass is 288 g/mol. The molecule has 21 heavy (non-hydrogen) atoms. The number of nitrogens with zero attached hydrogens (tertiary/aromatic N) is 2. The maximum atomic E-state index is 12.1. The van der Waals surface area contributed by atoms with Crippen LogP contribution in [0.25, 0.3) is 0 Å². The van der Waals surface area contributed by atoms with Crippen molar-refractivity contribution in [2.45, 2.75) is 18.5 Å². The molecule has 0 saturated carbocycles. The molecule has 8 heteroatoms. The van der Waals surface area contributed by atoms with Crippen molar-refractivity contribution in [3.63, 3.8) is 0 Å². The first kappa shape index (κ1) is 13.5. The SMILES string of the molecule is COc1ccccc1C1CC(C(=O)Nc2ncn[nH]2)NN1. The van der Waals surface area contributed by atoms with Crippen LogP contribution in [0.3, 0.4) is 0 Å². The van der Waals surface area contributed by atoms with Gasteiger partial charge in [-0.05, 0) is 12.5 Å². The van der Waals surface area contributed by atoms with Gasteiger partial charge in [-0.2, -0.15) is 10.1 Å². The Labute approximate surface area is 121 Å². The largest absolute Gasteiger partial charge is 0.496 e. The van der Waals surface area contributed by atoms with E-state index in [1.54, 1.807) is 7.11 Å². The molecule has 2 atom stereocenters. The molecule has 0 spiro atoms. The quantitative estimate of drug-likeness (QED) is 0.647. The van der Waals surface area contributed by atoms with Crippen LogP contribution in [0.15, 0.2) is 30.6 Å². The zero-order chi connectivity index (χ0) is 14.7. The van der Waals surface area contributed by atoms with Gasteiger partial charge in [0.15, 0.2) is 0 Å². The summed E-state index contributed by atoms with van der Waals surface area (Å²) in [5.74, 6) is 0.965. The van der Waals surface area contributed by atoms with Crippen LogP contribution in [0.1, 0.15) is 18.0 Å². The summed E-state index contributed by atoms with van der Waals surface area (Å²) in [7, 11) is 1.63. The number of para-hydroxylation sites is 1. The zero-order valence-corrected chi connectivity index (χ0v) is 11.5. The molecule has 8 nitrogen and oxygen atoms in total. The molecule has 1 aromatic carbocycles. The Balaban J connectivity index is 1.66. The van der Waals surface area contributed by atoms with Gasteiger partial charge >= 0.3 is 0 Å². The van der Waals surface area contributed by atoms with Gasteiger partial charge in [-0.25, -0.2) is 16.0 Å². The highest BCUT2D eigenvalue weighted by Gasteiger charge is 2.31. The minimum Gasteiger partial charge on any atom is -0.496 e. The third-order valence-electron chi connectivity index (χ3n) is 3.39. The van der Waals surface area contributed by atoms with Crippen LogP contribution >= 0.6 is 0 Å². The highest BCUT2D eigenvalue weighted by molar-refractivity contribution is 5.93. The predicted octanol–water partition coefficient (Wildman–Crippen LogP) is 0.360. The fourth-order valence-corrected chi connectivity index (χ4v) is 2.36. The Morgan fingerprint density at radius 1 is 1.38 bits per heavy atom. The van der Waals surface area contributed by atoms with Crippen LogP contribution in [-0.2, 0) is 4.79 Å². The molecule has 1 amide bonds. The van der Waals surface area contributed by atoms with Crippen LogP contribution in [0.2, 0.25) is 0 Å². The summed E-state index contributed by atoms with van der Waals surface area (Å²) < 4.78 is 5.35. The van der Waals surface area contributed by atoms with Crippen molar-refractivity contribution in [3.8, 4) is 5.75 Å². The minimum absolute atomic E-state index is 0.00614. The van der Waals surface area contributed by atoms with Gasteiger partial charge in [-0.3, -0.25) is 10.1 Å². The number of amides is 1. The molecule has 2 unspecified atom stereocenters. The fraction of sp³-hybridized carbons (Fsp3) is 0.308. The van der Waals surface area contributed by atoms with Gasteiger partial charge in [0.25, 0.3) is 0 Å². The van der Waals surface area contributed by atoms with Gasteiger partial charge in [0.05, 0.1) is 13.2 Å². The molecule has 0 aliphatic carbocycles. The van der Waals surface area contributed by atoms with Gasteiger partial charge in [-0.1, -0.05) is 18.2 Å². The van der Waals surface area contributed by atoms with Gasteiger partial charge < -0.3 is 4.74 Å². The van der Waals surface area contributed by atoms with Gasteiger partial charge in [0.2, 0.25) is 11.9 Å². The Hall–Kier alpha value is -2.45. The molecule has 1 fully saturated rings. The molecular weight excluding hydrogens is 272 g/mol. The highest BCUT2D eigenvalue weighted by atomic mass is 16.5. The predicted molar refractivity (Wildman–Crippen MR) is 75.4 cm³/mol. The number of methoxy groups -OCH3 is 1. The summed E-state index contributed by atoms with van der Waals surface area (Å²) in [6.45, 7) is 0. The van der Waals surface area contributed by atoms with Crippen molar-refractivity contribution in [1.29, 1.82) is 0 Å².